The molecule has 0 atom stereocenters. The van der Waals surface area contributed by atoms with Crippen molar-refractivity contribution in [3.8, 4) is 6.07 Å². The van der Waals surface area contributed by atoms with Gasteiger partial charge in [-0.2, -0.15) is 5.26 Å². The molecule has 0 unspecified atom stereocenters. The minimum atomic E-state index is -0.333. The van der Waals surface area contributed by atoms with Gasteiger partial charge in [-0.25, -0.2) is 0 Å². The van der Waals surface area contributed by atoms with Crippen LogP contribution in [-0.2, 0) is 4.79 Å². The van der Waals surface area contributed by atoms with E-state index < -0.39 is 0 Å². The van der Waals surface area contributed by atoms with E-state index in [2.05, 4.69) is 5.32 Å². The third-order valence-electron chi connectivity index (χ3n) is 0.881. The van der Waals surface area contributed by atoms with Crippen molar-refractivity contribution in [3.05, 3.63) is 11.6 Å². The summed E-state index contributed by atoms with van der Waals surface area (Å²) in [7, 11) is 1.49. The smallest absolute Gasteiger partial charge is 0.261 e. The summed E-state index contributed by atoms with van der Waals surface area (Å²) in [6.45, 7) is 1.65. The van der Waals surface area contributed by atoms with Gasteiger partial charge in [0.05, 0.1) is 0 Å². The number of carbonyl (C=O) groups is 1. The van der Waals surface area contributed by atoms with Crippen molar-refractivity contribution in [3.63, 3.8) is 0 Å². The number of carbonyl (C=O) groups excluding carboxylic acids is 1. The maximum Gasteiger partial charge on any atom is 0.261 e. The van der Waals surface area contributed by atoms with Gasteiger partial charge in [0.1, 0.15) is 11.6 Å². The average Bonchev–Trinajstić information content (AvgIpc) is 1.90. The van der Waals surface area contributed by atoms with E-state index in [0.717, 1.165) is 0 Å². The highest BCUT2D eigenvalue weighted by atomic mass is 16.1. The molecule has 0 bridgehead atoms. The molecule has 0 aromatic heterocycles. The molecule has 0 radical (unpaired) electrons. The topological polar surface area (TPSA) is 52.9 Å². The van der Waals surface area contributed by atoms with Gasteiger partial charge >= 0.3 is 0 Å². The molecule has 0 saturated heterocycles. The highest BCUT2D eigenvalue weighted by molar-refractivity contribution is 5.96. The lowest BCUT2D eigenvalue weighted by molar-refractivity contribution is -0.116. The van der Waals surface area contributed by atoms with Crippen molar-refractivity contribution in [2.75, 3.05) is 7.05 Å². The largest absolute Gasteiger partial charge is 0.355 e. The molecule has 3 heteroatoms. The summed E-state index contributed by atoms with van der Waals surface area (Å²) < 4.78 is 0. The fourth-order valence-corrected chi connectivity index (χ4v) is 0.381. The van der Waals surface area contributed by atoms with Crippen molar-refractivity contribution >= 4 is 5.91 Å². The lowest BCUT2D eigenvalue weighted by Crippen LogP contribution is -2.18. The van der Waals surface area contributed by atoms with Gasteiger partial charge in [0.25, 0.3) is 5.91 Å². The van der Waals surface area contributed by atoms with E-state index in [1.54, 1.807) is 13.0 Å². The van der Waals surface area contributed by atoms with Gasteiger partial charge in [-0.3, -0.25) is 4.79 Å². The second kappa shape index (κ2) is 3.67. The summed E-state index contributed by atoms with van der Waals surface area (Å²) in [5, 5.41) is 10.6. The van der Waals surface area contributed by atoms with Gasteiger partial charge in [0.15, 0.2) is 0 Å². The number of allylic oxidation sites excluding steroid dienone is 1. The Morgan fingerprint density at radius 1 is 1.78 bits per heavy atom. The van der Waals surface area contributed by atoms with Gasteiger partial charge < -0.3 is 5.32 Å². The predicted octanol–water partition coefficient (Wildman–Crippen LogP) is 0.202. The van der Waals surface area contributed by atoms with E-state index in [9.17, 15) is 4.79 Å². The predicted molar refractivity (Wildman–Crippen MR) is 33.4 cm³/mol. The number of nitrogens with zero attached hydrogens (tertiary/aromatic N) is 1. The fourth-order valence-electron chi connectivity index (χ4n) is 0.381. The number of likely N-dealkylation sites (N-methyl/N-ethyl adjacent to an activating group) is 1. The minimum absolute atomic E-state index is 0.150. The first-order chi connectivity index (χ1) is 4.26. The Labute approximate surface area is 54.0 Å². The minimum Gasteiger partial charge on any atom is -0.355 e. The van der Waals surface area contributed by atoms with E-state index in [-0.39, 0.29) is 11.5 Å². The lowest BCUT2D eigenvalue weighted by atomic mass is 10.3. The van der Waals surface area contributed by atoms with Crippen LogP contribution in [0.1, 0.15) is 6.92 Å². The van der Waals surface area contributed by atoms with Gasteiger partial charge in [-0.1, -0.05) is 6.08 Å². The van der Waals surface area contributed by atoms with E-state index in [4.69, 9.17) is 5.26 Å². The summed E-state index contributed by atoms with van der Waals surface area (Å²) in [4.78, 5) is 10.6. The standard InChI is InChI=1S/C6H8N2O/c1-3-5(4-7)6(9)8-2/h3H,1-2H3,(H,8,9)/b5-3-. The molecular formula is C6H8N2O. The van der Waals surface area contributed by atoms with Crippen LogP contribution in [0.3, 0.4) is 0 Å². The molecule has 1 N–H and O–H groups in total. The molecule has 0 aromatic rings. The maximum atomic E-state index is 10.6. The number of nitriles is 1. The summed E-state index contributed by atoms with van der Waals surface area (Å²) in [6, 6.07) is 1.75. The van der Waals surface area contributed by atoms with Crippen molar-refractivity contribution < 1.29 is 4.79 Å². The lowest BCUT2D eigenvalue weighted by Gasteiger charge is -1.91. The van der Waals surface area contributed by atoms with Gasteiger partial charge in [-0.15, -0.1) is 0 Å². The Bertz CT molecular complexity index is 176. The Hall–Kier alpha value is -1.30. The number of rotatable bonds is 1. The number of amides is 1. The quantitative estimate of drug-likeness (QED) is 0.401. The van der Waals surface area contributed by atoms with E-state index in [1.807, 2.05) is 0 Å². The Morgan fingerprint density at radius 2 is 2.33 bits per heavy atom. The van der Waals surface area contributed by atoms with Gasteiger partial charge in [-0.05, 0) is 6.92 Å². The summed E-state index contributed by atoms with van der Waals surface area (Å²) in [5.74, 6) is -0.333. The third kappa shape index (κ3) is 1.96. The molecule has 9 heavy (non-hydrogen) atoms. The molecule has 0 aliphatic rings. The first kappa shape index (κ1) is 7.70. The first-order valence-corrected chi connectivity index (χ1v) is 2.54. The zero-order valence-electron chi connectivity index (χ0n) is 5.43. The third-order valence-corrected chi connectivity index (χ3v) is 0.881. The highest BCUT2D eigenvalue weighted by Crippen LogP contribution is 1.88. The van der Waals surface area contributed by atoms with Gasteiger partial charge in [0, 0.05) is 7.05 Å². The van der Waals surface area contributed by atoms with E-state index in [1.165, 1.54) is 13.1 Å². The van der Waals surface area contributed by atoms with Crippen molar-refractivity contribution in [2.24, 2.45) is 0 Å². The summed E-state index contributed by atoms with van der Waals surface area (Å²) >= 11 is 0. The van der Waals surface area contributed by atoms with Crippen LogP contribution in [0.5, 0.6) is 0 Å². The average molecular weight is 124 g/mol. The summed E-state index contributed by atoms with van der Waals surface area (Å²) in [6.07, 6.45) is 1.47. The van der Waals surface area contributed by atoms with Crippen LogP contribution in [0, 0.1) is 11.3 Å². The van der Waals surface area contributed by atoms with E-state index >= 15 is 0 Å². The fraction of sp³-hybridized carbons (Fsp3) is 0.333. The molecule has 0 aliphatic heterocycles. The maximum absolute atomic E-state index is 10.6. The zero-order valence-corrected chi connectivity index (χ0v) is 5.43. The van der Waals surface area contributed by atoms with E-state index in [0.29, 0.717) is 0 Å². The molecule has 0 fully saturated rings. The molecule has 0 spiro atoms. The Balaban J connectivity index is 4.19. The monoisotopic (exact) mass is 124 g/mol. The normalized spacial score (nSPS) is 10.1. The van der Waals surface area contributed by atoms with Crippen molar-refractivity contribution in [1.82, 2.24) is 5.32 Å². The molecule has 3 nitrogen and oxygen atoms in total. The molecule has 0 rings (SSSR count). The SMILES string of the molecule is C/C=C(/C#N)C(=O)NC. The second-order valence-electron chi connectivity index (χ2n) is 1.39. The number of nitrogens with one attached hydrogen (secondary N) is 1. The number of hydrogen-bond acceptors (Lipinski definition) is 2. The van der Waals surface area contributed by atoms with Crippen molar-refractivity contribution in [1.29, 1.82) is 5.26 Å². The van der Waals surface area contributed by atoms with Crippen LogP contribution in [0.15, 0.2) is 11.6 Å². The zero-order chi connectivity index (χ0) is 7.28. The highest BCUT2D eigenvalue weighted by Gasteiger charge is 2.01. The molecule has 1 amide bonds. The van der Waals surface area contributed by atoms with Crippen LogP contribution in [0.25, 0.3) is 0 Å². The van der Waals surface area contributed by atoms with Crippen LogP contribution in [0.2, 0.25) is 0 Å². The van der Waals surface area contributed by atoms with Crippen LogP contribution >= 0.6 is 0 Å². The number of hydrogen-bond donors (Lipinski definition) is 1. The Kier molecular flexibility index (Phi) is 3.14. The molecule has 0 saturated carbocycles. The molecule has 48 valence electrons. The second-order valence-corrected chi connectivity index (χ2v) is 1.39. The van der Waals surface area contributed by atoms with Crippen LogP contribution in [0.4, 0.5) is 0 Å². The van der Waals surface area contributed by atoms with Gasteiger partial charge in [0.2, 0.25) is 0 Å². The molecular weight excluding hydrogens is 116 g/mol. The molecule has 0 aliphatic carbocycles. The van der Waals surface area contributed by atoms with Crippen molar-refractivity contribution in [2.45, 2.75) is 6.92 Å². The summed E-state index contributed by atoms with van der Waals surface area (Å²) in [5.41, 5.74) is 0.150. The van der Waals surface area contributed by atoms with Crippen LogP contribution in [-0.4, -0.2) is 13.0 Å². The molecule has 0 heterocycles. The van der Waals surface area contributed by atoms with Crippen LogP contribution < -0.4 is 5.32 Å². The first-order valence-electron chi connectivity index (χ1n) is 2.54. The Morgan fingerprint density at radius 3 is 2.44 bits per heavy atom. The molecule has 0 aromatic carbocycles.